The van der Waals surface area contributed by atoms with E-state index in [4.69, 9.17) is 18.9 Å². The summed E-state index contributed by atoms with van der Waals surface area (Å²) in [6.07, 6.45) is 83.7. The van der Waals surface area contributed by atoms with Crippen LogP contribution in [0.15, 0.2) is 97.2 Å². The summed E-state index contributed by atoms with van der Waals surface area (Å²) in [7, 11) is 5.97. The van der Waals surface area contributed by atoms with E-state index in [1.807, 2.05) is 21.1 Å². The highest BCUT2D eigenvalue weighted by Gasteiger charge is 2.25. The fraction of sp³-hybridized carbons (Fsp3) is 0.740. The molecular formula is C73H128NO8+. The number of unbranched alkanes of at least 4 members (excludes halogenated alkanes) is 31. The van der Waals surface area contributed by atoms with Crippen LogP contribution >= 0.6 is 0 Å². The molecule has 0 spiro atoms. The zero-order valence-electron chi connectivity index (χ0n) is 53.9. The predicted octanol–water partition coefficient (Wildman–Crippen LogP) is 20.9. The number of aliphatic carboxylic acids is 1. The summed E-state index contributed by atoms with van der Waals surface area (Å²) in [6.45, 7) is 4.78. The van der Waals surface area contributed by atoms with Crippen LogP contribution in [0.3, 0.4) is 0 Å². The Bertz CT molecular complexity index is 1670. The largest absolute Gasteiger partial charge is 0.477 e. The summed E-state index contributed by atoms with van der Waals surface area (Å²) in [4.78, 5) is 37.5. The normalized spacial score (nSPS) is 13.3. The standard InChI is InChI=1S/C73H127NO8/c1-6-8-10-12-14-16-18-20-22-24-26-27-28-29-30-31-32-33-34-35-36-37-38-39-40-41-42-43-44-45-46-48-50-52-54-56-58-60-62-64-71(76)82-69(68-81-73(72(77)78)79-66-65-74(3,4)5)67-80-70(75)63-61-59-57-55-53-51-49-47-25-23-21-19-17-15-13-11-9-7-2/h8,10,14,16,20,22-23,25-27,29-30,32-33,35-36,69,73H,6-7,9,11-13,15,17-19,21,24,28,31,34,37-68H2,1-5H3/p+1/b10-8-,16-14-,22-20-,25-23-,27-26-,30-29-,33-32-,36-35-. The summed E-state index contributed by atoms with van der Waals surface area (Å²) in [5.74, 6) is -2.00. The van der Waals surface area contributed by atoms with E-state index >= 15 is 0 Å². The van der Waals surface area contributed by atoms with Gasteiger partial charge >= 0.3 is 17.9 Å². The third kappa shape index (κ3) is 63.8. The van der Waals surface area contributed by atoms with Gasteiger partial charge in [0.2, 0.25) is 0 Å². The minimum atomic E-state index is -1.51. The number of hydrogen-bond acceptors (Lipinski definition) is 7. The molecule has 0 heterocycles. The Kier molecular flexibility index (Phi) is 60.3. The fourth-order valence-corrected chi connectivity index (χ4v) is 9.40. The molecule has 0 aliphatic carbocycles. The SMILES string of the molecule is CC/C=C\C/C=C\C/C=C\C/C=C\C/C=C\C/C=C\C/C=C\CCCCCCCCCCCCCCCCCCCC(=O)OC(COC(=O)CCCCCCCCC/C=C\CCCCCCCCC)COC(OCC[N+](C)(C)C)C(=O)O. The Hall–Kier alpha value is -3.79. The van der Waals surface area contributed by atoms with Gasteiger partial charge in [0, 0.05) is 12.8 Å². The molecule has 0 rings (SSSR count). The first-order valence-corrected chi connectivity index (χ1v) is 33.9. The van der Waals surface area contributed by atoms with Gasteiger partial charge in [0.15, 0.2) is 6.10 Å². The minimum absolute atomic E-state index is 0.184. The Morgan fingerprint density at radius 3 is 1.05 bits per heavy atom. The number of quaternary nitrogens is 1. The van der Waals surface area contributed by atoms with Crippen LogP contribution in [0.25, 0.3) is 0 Å². The molecule has 0 aliphatic rings. The molecule has 0 bridgehead atoms. The molecule has 0 radical (unpaired) electrons. The van der Waals surface area contributed by atoms with E-state index in [9.17, 15) is 19.5 Å². The lowest BCUT2D eigenvalue weighted by molar-refractivity contribution is -0.870. The molecule has 0 saturated carbocycles. The Morgan fingerprint density at radius 1 is 0.378 bits per heavy atom. The molecule has 0 amide bonds. The predicted molar refractivity (Wildman–Crippen MR) is 350 cm³/mol. The first-order valence-electron chi connectivity index (χ1n) is 33.9. The molecule has 82 heavy (non-hydrogen) atoms. The highest BCUT2D eigenvalue weighted by Crippen LogP contribution is 2.17. The average Bonchev–Trinajstić information content (AvgIpc) is 3.45. The quantitative estimate of drug-likeness (QED) is 0.0211. The molecular weight excluding hydrogens is 1020 g/mol. The lowest BCUT2D eigenvalue weighted by atomic mass is 10.0. The van der Waals surface area contributed by atoms with Gasteiger partial charge in [0.1, 0.15) is 13.2 Å². The van der Waals surface area contributed by atoms with E-state index in [2.05, 4.69) is 111 Å². The van der Waals surface area contributed by atoms with E-state index in [-0.39, 0.29) is 32.2 Å². The van der Waals surface area contributed by atoms with Crippen molar-refractivity contribution in [2.75, 3.05) is 47.5 Å². The number of rotatable bonds is 62. The van der Waals surface area contributed by atoms with E-state index in [0.29, 0.717) is 17.4 Å². The smallest absolute Gasteiger partial charge is 0.361 e. The monoisotopic (exact) mass is 1150 g/mol. The number of carbonyl (C=O) groups is 3. The number of hydrogen-bond donors (Lipinski definition) is 1. The van der Waals surface area contributed by atoms with Crippen LogP contribution in [0, 0.1) is 0 Å². The van der Waals surface area contributed by atoms with Crippen LogP contribution in [-0.2, 0) is 33.3 Å². The molecule has 2 atom stereocenters. The summed E-state index contributed by atoms with van der Waals surface area (Å²) in [5.41, 5.74) is 0. The molecule has 9 nitrogen and oxygen atoms in total. The van der Waals surface area contributed by atoms with Gasteiger partial charge in [-0.1, -0.05) is 278 Å². The molecule has 1 N–H and O–H groups in total. The fourth-order valence-electron chi connectivity index (χ4n) is 9.40. The second kappa shape index (κ2) is 63.2. The van der Waals surface area contributed by atoms with Crippen molar-refractivity contribution in [2.24, 2.45) is 0 Å². The van der Waals surface area contributed by atoms with Crippen LogP contribution in [0.2, 0.25) is 0 Å². The molecule has 0 fully saturated rings. The van der Waals surface area contributed by atoms with Crippen molar-refractivity contribution < 1.29 is 42.9 Å². The van der Waals surface area contributed by atoms with Gasteiger partial charge in [0.05, 0.1) is 34.4 Å². The number of nitrogens with zero attached hydrogens (tertiary/aromatic N) is 1. The van der Waals surface area contributed by atoms with E-state index in [1.165, 1.54) is 180 Å². The minimum Gasteiger partial charge on any atom is -0.477 e. The number of likely N-dealkylation sites (N-methyl/N-ethyl adjacent to an activating group) is 1. The van der Waals surface area contributed by atoms with Crippen molar-refractivity contribution in [1.82, 2.24) is 0 Å². The molecule has 0 aromatic heterocycles. The summed E-state index contributed by atoms with van der Waals surface area (Å²) in [6, 6.07) is 0. The summed E-state index contributed by atoms with van der Waals surface area (Å²) < 4.78 is 22.9. The number of carboxylic acids is 1. The molecule has 0 saturated heterocycles. The third-order valence-corrected chi connectivity index (χ3v) is 14.6. The van der Waals surface area contributed by atoms with Gasteiger partial charge in [-0.05, 0) is 96.3 Å². The van der Waals surface area contributed by atoms with Gasteiger partial charge in [-0.2, -0.15) is 0 Å². The molecule has 472 valence electrons. The summed E-state index contributed by atoms with van der Waals surface area (Å²) >= 11 is 0. The van der Waals surface area contributed by atoms with Gasteiger partial charge < -0.3 is 28.5 Å². The zero-order chi connectivity index (χ0) is 59.8. The Morgan fingerprint density at radius 2 is 0.695 bits per heavy atom. The first kappa shape index (κ1) is 78.2. The van der Waals surface area contributed by atoms with E-state index in [1.54, 1.807) is 0 Å². The summed E-state index contributed by atoms with van der Waals surface area (Å²) in [5, 5.41) is 9.73. The molecule has 0 aliphatic heterocycles. The van der Waals surface area contributed by atoms with Crippen molar-refractivity contribution in [3.05, 3.63) is 97.2 Å². The Labute approximate surface area is 505 Å². The number of carboxylic acid groups (broad SMARTS) is 1. The van der Waals surface area contributed by atoms with Crippen molar-refractivity contribution in [3.63, 3.8) is 0 Å². The molecule has 0 aromatic carbocycles. The van der Waals surface area contributed by atoms with Crippen LogP contribution in [0.1, 0.15) is 290 Å². The van der Waals surface area contributed by atoms with Crippen molar-refractivity contribution in [3.8, 4) is 0 Å². The van der Waals surface area contributed by atoms with Crippen LogP contribution < -0.4 is 0 Å². The number of esters is 2. The van der Waals surface area contributed by atoms with Gasteiger partial charge in [-0.3, -0.25) is 9.59 Å². The highest BCUT2D eigenvalue weighted by molar-refractivity contribution is 5.71. The first-order chi connectivity index (χ1) is 40.1. The average molecular weight is 1150 g/mol. The van der Waals surface area contributed by atoms with Gasteiger partial charge in [0.25, 0.3) is 6.29 Å². The van der Waals surface area contributed by atoms with E-state index < -0.39 is 24.3 Å². The van der Waals surface area contributed by atoms with Crippen LogP contribution in [0.4, 0.5) is 0 Å². The lowest BCUT2D eigenvalue weighted by Crippen LogP contribution is -2.40. The second-order valence-corrected chi connectivity index (χ2v) is 23.7. The topological polar surface area (TPSA) is 108 Å². The van der Waals surface area contributed by atoms with Gasteiger partial charge in [-0.25, -0.2) is 4.79 Å². The van der Waals surface area contributed by atoms with Crippen molar-refractivity contribution >= 4 is 17.9 Å². The second-order valence-electron chi connectivity index (χ2n) is 23.7. The maximum atomic E-state index is 12.9. The third-order valence-electron chi connectivity index (χ3n) is 14.6. The highest BCUT2D eigenvalue weighted by atomic mass is 16.7. The molecule has 2 unspecified atom stereocenters. The van der Waals surface area contributed by atoms with E-state index in [0.717, 1.165) is 83.5 Å². The zero-order valence-corrected chi connectivity index (χ0v) is 53.9. The molecule has 0 aromatic rings. The number of carbonyl (C=O) groups excluding carboxylic acids is 2. The lowest BCUT2D eigenvalue weighted by Gasteiger charge is -2.25. The van der Waals surface area contributed by atoms with Crippen molar-refractivity contribution in [1.29, 1.82) is 0 Å². The maximum Gasteiger partial charge on any atom is 0.361 e. The van der Waals surface area contributed by atoms with Crippen molar-refractivity contribution in [2.45, 2.75) is 302 Å². The van der Waals surface area contributed by atoms with Crippen LogP contribution in [0.5, 0.6) is 0 Å². The molecule has 9 heteroatoms. The van der Waals surface area contributed by atoms with Crippen LogP contribution in [-0.4, -0.2) is 87.4 Å². The maximum absolute atomic E-state index is 12.9. The Balaban J connectivity index is 4.06. The number of allylic oxidation sites excluding steroid dienone is 16. The van der Waals surface area contributed by atoms with Gasteiger partial charge in [-0.15, -0.1) is 0 Å². The number of ether oxygens (including phenoxy) is 4.